The summed E-state index contributed by atoms with van der Waals surface area (Å²) in [6, 6.07) is 0. The summed E-state index contributed by atoms with van der Waals surface area (Å²) in [5, 5.41) is 0.591. The predicted octanol–water partition coefficient (Wildman–Crippen LogP) is 3.88. The van der Waals surface area contributed by atoms with Crippen molar-refractivity contribution in [3.8, 4) is 0 Å². The minimum Gasteiger partial charge on any atom is -0.359 e. The van der Waals surface area contributed by atoms with Crippen molar-refractivity contribution in [3.05, 3.63) is 17.0 Å². The van der Waals surface area contributed by atoms with Crippen LogP contribution in [0.3, 0.4) is 0 Å². The molecule has 0 atom stereocenters. The molecule has 1 aliphatic carbocycles. The Kier molecular flexibility index (Phi) is 4.44. The molecule has 1 fully saturated rings. The second kappa shape index (κ2) is 5.87. The van der Waals surface area contributed by atoms with Gasteiger partial charge in [0.2, 0.25) is 0 Å². The van der Waals surface area contributed by atoms with Gasteiger partial charge in [-0.2, -0.15) is 0 Å². The van der Waals surface area contributed by atoms with Crippen LogP contribution in [-0.4, -0.2) is 23.6 Å². The molecular formula is C14H22ClN3. The number of anilines is 1. The number of hydrogen-bond acceptors (Lipinski definition) is 3. The average molecular weight is 268 g/mol. The van der Waals surface area contributed by atoms with Crippen LogP contribution >= 0.6 is 11.6 Å². The van der Waals surface area contributed by atoms with Gasteiger partial charge in [-0.15, -0.1) is 0 Å². The number of aromatic nitrogens is 2. The third kappa shape index (κ3) is 2.94. The van der Waals surface area contributed by atoms with Crippen LogP contribution < -0.4 is 4.90 Å². The molecule has 1 heterocycles. The zero-order valence-corrected chi connectivity index (χ0v) is 12.2. The van der Waals surface area contributed by atoms with E-state index >= 15 is 0 Å². The highest BCUT2D eigenvalue weighted by molar-refractivity contribution is 6.30. The van der Waals surface area contributed by atoms with E-state index < -0.39 is 0 Å². The maximum Gasteiger partial charge on any atom is 0.138 e. The van der Waals surface area contributed by atoms with Crippen LogP contribution in [0.5, 0.6) is 0 Å². The lowest BCUT2D eigenvalue weighted by Crippen LogP contribution is -2.26. The van der Waals surface area contributed by atoms with E-state index in [2.05, 4.69) is 35.8 Å². The lowest BCUT2D eigenvalue weighted by atomic mass is 10.0. The van der Waals surface area contributed by atoms with Crippen molar-refractivity contribution in [2.75, 3.05) is 18.5 Å². The Bertz CT molecular complexity index is 400. The van der Waals surface area contributed by atoms with E-state index in [1.165, 1.54) is 25.7 Å². The Morgan fingerprint density at radius 1 is 1.33 bits per heavy atom. The number of hydrogen-bond donors (Lipinski definition) is 0. The predicted molar refractivity (Wildman–Crippen MR) is 76.4 cm³/mol. The largest absolute Gasteiger partial charge is 0.359 e. The summed E-state index contributed by atoms with van der Waals surface area (Å²) < 4.78 is 0. The molecule has 0 N–H and O–H groups in total. The number of halogens is 1. The molecule has 2 rings (SSSR count). The molecule has 0 amide bonds. The van der Waals surface area contributed by atoms with Crippen LogP contribution in [0.15, 0.2) is 6.33 Å². The third-order valence-corrected chi connectivity index (χ3v) is 4.06. The van der Waals surface area contributed by atoms with Crippen molar-refractivity contribution in [3.63, 3.8) is 0 Å². The summed E-state index contributed by atoms with van der Waals surface area (Å²) in [5.74, 6) is 2.15. The minimum absolute atomic E-state index is 0.347. The van der Waals surface area contributed by atoms with Crippen molar-refractivity contribution in [2.45, 2.75) is 45.4 Å². The summed E-state index contributed by atoms with van der Waals surface area (Å²) >= 11 is 6.21. The van der Waals surface area contributed by atoms with Gasteiger partial charge in [-0.05, 0) is 24.7 Å². The van der Waals surface area contributed by atoms with Crippen molar-refractivity contribution in [2.24, 2.45) is 5.92 Å². The molecule has 0 saturated heterocycles. The first kappa shape index (κ1) is 13.6. The number of rotatable bonds is 4. The van der Waals surface area contributed by atoms with E-state index in [9.17, 15) is 0 Å². The van der Waals surface area contributed by atoms with Gasteiger partial charge in [0.15, 0.2) is 0 Å². The Labute approximate surface area is 115 Å². The maximum absolute atomic E-state index is 6.21. The van der Waals surface area contributed by atoms with E-state index in [-0.39, 0.29) is 0 Å². The molecule has 1 aromatic rings. The van der Waals surface area contributed by atoms with E-state index in [1.54, 1.807) is 6.33 Å². The van der Waals surface area contributed by atoms with E-state index in [0.29, 0.717) is 11.1 Å². The second-order valence-corrected chi connectivity index (χ2v) is 5.95. The fraction of sp³-hybridized carbons (Fsp3) is 0.714. The first-order valence-corrected chi connectivity index (χ1v) is 7.19. The lowest BCUT2D eigenvalue weighted by molar-refractivity contribution is 0.543. The Morgan fingerprint density at radius 2 is 2.00 bits per heavy atom. The highest BCUT2D eigenvalue weighted by Crippen LogP contribution is 2.32. The van der Waals surface area contributed by atoms with Gasteiger partial charge in [-0.25, -0.2) is 9.97 Å². The van der Waals surface area contributed by atoms with Gasteiger partial charge in [0.25, 0.3) is 0 Å². The van der Waals surface area contributed by atoms with E-state index in [1.807, 2.05) is 0 Å². The molecule has 0 spiro atoms. The Morgan fingerprint density at radius 3 is 2.61 bits per heavy atom. The zero-order valence-electron chi connectivity index (χ0n) is 11.5. The highest BCUT2D eigenvalue weighted by atomic mass is 35.5. The summed E-state index contributed by atoms with van der Waals surface area (Å²) in [6.45, 7) is 5.35. The lowest BCUT2D eigenvalue weighted by Gasteiger charge is -2.25. The van der Waals surface area contributed by atoms with E-state index in [0.717, 1.165) is 23.8 Å². The molecule has 0 aliphatic heterocycles. The van der Waals surface area contributed by atoms with Crippen molar-refractivity contribution >= 4 is 17.4 Å². The molecule has 0 aromatic carbocycles. The molecule has 0 radical (unpaired) electrons. The average Bonchev–Trinajstić information content (AvgIpc) is 2.80. The quantitative estimate of drug-likeness (QED) is 0.776. The van der Waals surface area contributed by atoms with Gasteiger partial charge in [0.1, 0.15) is 17.3 Å². The molecule has 0 bridgehead atoms. The smallest absolute Gasteiger partial charge is 0.138 e. The third-order valence-electron chi connectivity index (χ3n) is 3.76. The Hall–Kier alpha value is -0.830. The molecule has 1 saturated carbocycles. The van der Waals surface area contributed by atoms with E-state index in [4.69, 9.17) is 11.6 Å². The van der Waals surface area contributed by atoms with Gasteiger partial charge in [0.05, 0.1) is 0 Å². The molecular weight excluding hydrogens is 246 g/mol. The van der Waals surface area contributed by atoms with Crippen molar-refractivity contribution in [1.29, 1.82) is 0 Å². The summed E-state index contributed by atoms with van der Waals surface area (Å²) in [7, 11) is 2.11. The highest BCUT2D eigenvalue weighted by Gasteiger charge is 2.21. The summed E-state index contributed by atoms with van der Waals surface area (Å²) in [4.78, 5) is 10.8. The second-order valence-electron chi connectivity index (χ2n) is 5.59. The minimum atomic E-state index is 0.347. The molecule has 0 unspecified atom stereocenters. The zero-order chi connectivity index (χ0) is 13.1. The fourth-order valence-electron chi connectivity index (χ4n) is 2.83. The summed E-state index contributed by atoms with van der Waals surface area (Å²) in [6.07, 6.45) is 7.01. The fourth-order valence-corrected chi connectivity index (χ4v) is 3.18. The van der Waals surface area contributed by atoms with Gasteiger partial charge in [-0.3, -0.25) is 0 Å². The summed E-state index contributed by atoms with van der Waals surface area (Å²) in [5.41, 5.74) is 1.07. The van der Waals surface area contributed by atoms with Crippen LogP contribution in [0, 0.1) is 5.92 Å². The standard InChI is InChI=1S/C14H22ClN3/c1-10(2)12-13(15)16-9-17-14(12)18(3)8-11-6-4-5-7-11/h9-11H,4-8H2,1-3H3. The molecule has 4 heteroatoms. The topological polar surface area (TPSA) is 29.0 Å². The SMILES string of the molecule is CC(C)c1c(Cl)ncnc1N(C)CC1CCCC1. The van der Waals surface area contributed by atoms with Gasteiger partial charge >= 0.3 is 0 Å². The first-order chi connectivity index (χ1) is 8.59. The number of nitrogens with zero attached hydrogens (tertiary/aromatic N) is 3. The van der Waals surface area contributed by atoms with Crippen LogP contribution in [0.25, 0.3) is 0 Å². The van der Waals surface area contributed by atoms with Crippen LogP contribution in [-0.2, 0) is 0 Å². The van der Waals surface area contributed by atoms with Gasteiger partial charge in [0, 0.05) is 19.2 Å². The maximum atomic E-state index is 6.21. The Balaban J connectivity index is 2.18. The monoisotopic (exact) mass is 267 g/mol. The molecule has 1 aliphatic rings. The molecule has 1 aromatic heterocycles. The van der Waals surface area contributed by atoms with Crippen LogP contribution in [0.1, 0.15) is 51.0 Å². The normalized spacial score (nSPS) is 16.5. The first-order valence-electron chi connectivity index (χ1n) is 6.81. The van der Waals surface area contributed by atoms with Crippen molar-refractivity contribution < 1.29 is 0 Å². The van der Waals surface area contributed by atoms with Gasteiger partial charge < -0.3 is 4.90 Å². The molecule has 18 heavy (non-hydrogen) atoms. The molecule has 100 valence electrons. The molecule has 3 nitrogen and oxygen atoms in total. The van der Waals surface area contributed by atoms with Crippen LogP contribution in [0.4, 0.5) is 5.82 Å². The van der Waals surface area contributed by atoms with Crippen molar-refractivity contribution in [1.82, 2.24) is 9.97 Å². The van der Waals surface area contributed by atoms with Crippen LogP contribution in [0.2, 0.25) is 5.15 Å². The van der Waals surface area contributed by atoms with Gasteiger partial charge in [-0.1, -0.05) is 38.3 Å².